The molecule has 0 bridgehead atoms. The quantitative estimate of drug-likeness (QED) is 0.882. The van der Waals surface area contributed by atoms with Gasteiger partial charge in [0, 0.05) is 38.8 Å². The molecule has 106 valence electrons. The maximum Gasteiger partial charge on any atom is 0.123 e. The third-order valence-corrected chi connectivity index (χ3v) is 3.87. The van der Waals surface area contributed by atoms with Crippen LogP contribution in [-0.4, -0.2) is 49.1 Å². The average Bonchev–Trinajstić information content (AvgIpc) is 2.44. The Morgan fingerprint density at radius 1 is 1.16 bits per heavy atom. The molecule has 1 fully saturated rings. The number of rotatable bonds is 5. The number of halogens is 1. The fraction of sp³-hybridized carbons (Fsp3) is 0.600. The monoisotopic (exact) mass is 265 g/mol. The Bertz CT molecular complexity index is 371. The Morgan fingerprint density at radius 2 is 1.79 bits per heavy atom. The highest BCUT2D eigenvalue weighted by Crippen LogP contribution is 2.21. The van der Waals surface area contributed by atoms with Gasteiger partial charge in [-0.05, 0) is 30.7 Å². The average molecular weight is 265 g/mol. The smallest absolute Gasteiger partial charge is 0.123 e. The van der Waals surface area contributed by atoms with Gasteiger partial charge in [0.1, 0.15) is 5.82 Å². The second-order valence-corrected chi connectivity index (χ2v) is 5.18. The molecule has 1 aliphatic rings. The molecule has 19 heavy (non-hydrogen) atoms. The van der Waals surface area contributed by atoms with Gasteiger partial charge in [-0.2, -0.15) is 0 Å². The predicted molar refractivity (Wildman–Crippen MR) is 76.5 cm³/mol. The molecule has 2 rings (SSSR count). The maximum absolute atomic E-state index is 13.0. The minimum Gasteiger partial charge on any atom is -0.329 e. The molecule has 1 aromatic carbocycles. The largest absolute Gasteiger partial charge is 0.329 e. The zero-order chi connectivity index (χ0) is 13.7. The zero-order valence-electron chi connectivity index (χ0n) is 11.7. The molecule has 0 radical (unpaired) electrons. The molecule has 1 unspecified atom stereocenters. The first-order valence-corrected chi connectivity index (χ1v) is 7.16. The number of benzene rings is 1. The molecule has 1 heterocycles. The molecular weight excluding hydrogens is 241 g/mol. The van der Waals surface area contributed by atoms with Crippen molar-refractivity contribution in [3.8, 4) is 0 Å². The standard InChI is InChI=1S/C15H24FN3/c1-2-7-18-8-10-19(11-9-18)15(12-17)13-3-5-14(16)6-4-13/h3-6,15H,2,7-12,17H2,1H3. The molecule has 1 aromatic rings. The molecule has 2 N–H and O–H groups in total. The van der Waals surface area contributed by atoms with Crippen molar-refractivity contribution in [3.63, 3.8) is 0 Å². The lowest BCUT2D eigenvalue weighted by atomic mass is 10.0. The van der Waals surface area contributed by atoms with Crippen LogP contribution in [0.5, 0.6) is 0 Å². The van der Waals surface area contributed by atoms with Gasteiger partial charge in [-0.1, -0.05) is 19.1 Å². The highest BCUT2D eigenvalue weighted by molar-refractivity contribution is 5.20. The van der Waals surface area contributed by atoms with Gasteiger partial charge in [0.15, 0.2) is 0 Å². The van der Waals surface area contributed by atoms with Crippen molar-refractivity contribution in [2.75, 3.05) is 39.3 Å². The van der Waals surface area contributed by atoms with Gasteiger partial charge in [-0.3, -0.25) is 4.90 Å². The minimum atomic E-state index is -0.188. The van der Waals surface area contributed by atoms with E-state index in [4.69, 9.17) is 5.73 Å². The van der Waals surface area contributed by atoms with Crippen LogP contribution in [0.1, 0.15) is 24.9 Å². The molecule has 1 aliphatic heterocycles. The topological polar surface area (TPSA) is 32.5 Å². The van der Waals surface area contributed by atoms with Gasteiger partial charge in [0.25, 0.3) is 0 Å². The van der Waals surface area contributed by atoms with Crippen molar-refractivity contribution < 1.29 is 4.39 Å². The second kappa shape index (κ2) is 6.98. The molecule has 0 saturated carbocycles. The van der Waals surface area contributed by atoms with Crippen molar-refractivity contribution in [2.24, 2.45) is 5.73 Å². The van der Waals surface area contributed by atoms with Crippen LogP contribution >= 0.6 is 0 Å². The van der Waals surface area contributed by atoms with Crippen LogP contribution in [0.4, 0.5) is 4.39 Å². The van der Waals surface area contributed by atoms with E-state index < -0.39 is 0 Å². The fourth-order valence-electron chi connectivity index (χ4n) is 2.80. The van der Waals surface area contributed by atoms with E-state index in [-0.39, 0.29) is 11.9 Å². The number of nitrogens with zero attached hydrogens (tertiary/aromatic N) is 2. The van der Waals surface area contributed by atoms with Crippen LogP contribution in [0.3, 0.4) is 0 Å². The van der Waals surface area contributed by atoms with Crippen molar-refractivity contribution >= 4 is 0 Å². The van der Waals surface area contributed by atoms with Crippen LogP contribution < -0.4 is 5.73 Å². The van der Waals surface area contributed by atoms with E-state index in [1.54, 1.807) is 0 Å². The summed E-state index contributed by atoms with van der Waals surface area (Å²) in [6.45, 7) is 8.26. The van der Waals surface area contributed by atoms with Gasteiger partial charge in [0.2, 0.25) is 0 Å². The van der Waals surface area contributed by atoms with Crippen molar-refractivity contribution in [3.05, 3.63) is 35.6 Å². The molecule has 0 amide bonds. The Hall–Kier alpha value is -0.970. The lowest BCUT2D eigenvalue weighted by Crippen LogP contribution is -2.49. The molecule has 0 aromatic heterocycles. The summed E-state index contributed by atoms with van der Waals surface area (Å²) in [4.78, 5) is 4.91. The SMILES string of the molecule is CCCN1CCN(C(CN)c2ccc(F)cc2)CC1. The molecule has 4 heteroatoms. The first kappa shape index (κ1) is 14.4. The summed E-state index contributed by atoms with van der Waals surface area (Å²) in [6.07, 6.45) is 1.21. The van der Waals surface area contributed by atoms with Crippen LogP contribution in [-0.2, 0) is 0 Å². The van der Waals surface area contributed by atoms with Gasteiger partial charge >= 0.3 is 0 Å². The second-order valence-electron chi connectivity index (χ2n) is 5.18. The lowest BCUT2D eigenvalue weighted by Gasteiger charge is -2.39. The highest BCUT2D eigenvalue weighted by Gasteiger charge is 2.23. The summed E-state index contributed by atoms with van der Waals surface area (Å²) in [5.74, 6) is -0.188. The summed E-state index contributed by atoms with van der Waals surface area (Å²) in [7, 11) is 0. The summed E-state index contributed by atoms with van der Waals surface area (Å²) in [6, 6.07) is 6.96. The molecule has 1 atom stereocenters. The Balaban J connectivity index is 1.97. The van der Waals surface area contributed by atoms with E-state index >= 15 is 0 Å². The van der Waals surface area contributed by atoms with Crippen LogP contribution in [0.2, 0.25) is 0 Å². The predicted octanol–water partition coefficient (Wildman–Crippen LogP) is 1.85. The third kappa shape index (κ3) is 3.75. The molecule has 3 nitrogen and oxygen atoms in total. The fourth-order valence-corrected chi connectivity index (χ4v) is 2.80. The van der Waals surface area contributed by atoms with Crippen LogP contribution in [0, 0.1) is 5.82 Å². The molecule has 1 saturated heterocycles. The van der Waals surface area contributed by atoms with Gasteiger partial charge in [0.05, 0.1) is 0 Å². The van der Waals surface area contributed by atoms with E-state index in [1.165, 1.54) is 25.1 Å². The summed E-state index contributed by atoms with van der Waals surface area (Å²) < 4.78 is 13.0. The Labute approximate surface area is 115 Å². The third-order valence-electron chi connectivity index (χ3n) is 3.87. The number of nitrogens with two attached hydrogens (primary N) is 1. The Kier molecular flexibility index (Phi) is 5.31. The van der Waals surface area contributed by atoms with Crippen LogP contribution in [0.15, 0.2) is 24.3 Å². The highest BCUT2D eigenvalue weighted by atomic mass is 19.1. The molecule has 0 spiro atoms. The van der Waals surface area contributed by atoms with Crippen molar-refractivity contribution in [1.82, 2.24) is 9.80 Å². The zero-order valence-corrected chi connectivity index (χ0v) is 11.7. The van der Waals surface area contributed by atoms with E-state index in [0.29, 0.717) is 6.54 Å². The normalized spacial score (nSPS) is 19.5. The van der Waals surface area contributed by atoms with E-state index in [2.05, 4.69) is 16.7 Å². The first-order chi connectivity index (χ1) is 9.24. The Morgan fingerprint density at radius 3 is 2.32 bits per heavy atom. The lowest BCUT2D eigenvalue weighted by molar-refractivity contribution is 0.0985. The van der Waals surface area contributed by atoms with Crippen molar-refractivity contribution in [2.45, 2.75) is 19.4 Å². The van der Waals surface area contributed by atoms with E-state index in [0.717, 1.165) is 31.7 Å². The van der Waals surface area contributed by atoms with Crippen LogP contribution in [0.25, 0.3) is 0 Å². The van der Waals surface area contributed by atoms with Gasteiger partial charge in [-0.25, -0.2) is 4.39 Å². The summed E-state index contributed by atoms with van der Waals surface area (Å²) >= 11 is 0. The molecule has 0 aliphatic carbocycles. The maximum atomic E-state index is 13.0. The number of hydrogen-bond acceptors (Lipinski definition) is 3. The summed E-state index contributed by atoms with van der Waals surface area (Å²) in [5, 5.41) is 0. The van der Waals surface area contributed by atoms with Gasteiger partial charge in [-0.15, -0.1) is 0 Å². The number of hydrogen-bond donors (Lipinski definition) is 1. The minimum absolute atomic E-state index is 0.188. The first-order valence-electron chi connectivity index (χ1n) is 7.16. The van der Waals surface area contributed by atoms with Gasteiger partial charge < -0.3 is 10.6 Å². The summed E-state index contributed by atoms with van der Waals surface area (Å²) in [5.41, 5.74) is 7.04. The van der Waals surface area contributed by atoms with Crippen molar-refractivity contribution in [1.29, 1.82) is 0 Å². The number of piperazine rings is 1. The van der Waals surface area contributed by atoms with E-state index in [1.807, 2.05) is 12.1 Å². The molecular formula is C15H24FN3. The van der Waals surface area contributed by atoms with E-state index in [9.17, 15) is 4.39 Å².